The second-order valence-corrected chi connectivity index (χ2v) is 7.35. The van der Waals surface area contributed by atoms with Gasteiger partial charge in [-0.25, -0.2) is 9.67 Å². The van der Waals surface area contributed by atoms with Gasteiger partial charge in [0.15, 0.2) is 0 Å². The third-order valence-electron chi connectivity index (χ3n) is 4.63. The van der Waals surface area contributed by atoms with Gasteiger partial charge in [0, 0.05) is 27.6 Å². The highest BCUT2D eigenvalue weighted by Gasteiger charge is 2.62. The molecule has 2 heterocycles. The largest absolute Gasteiger partial charge is 0.435 e. The first kappa shape index (κ1) is 20.2. The molecule has 30 heavy (non-hydrogen) atoms. The molecule has 0 aliphatic carbocycles. The van der Waals surface area contributed by atoms with Crippen molar-refractivity contribution >= 4 is 28.9 Å². The first-order chi connectivity index (χ1) is 14.2. The quantitative estimate of drug-likeness (QED) is 0.559. The third kappa shape index (κ3) is 3.38. The van der Waals surface area contributed by atoms with Gasteiger partial charge >= 0.3 is 6.18 Å². The summed E-state index contributed by atoms with van der Waals surface area (Å²) in [6, 6.07) is 10.1. The maximum atomic E-state index is 14.1. The summed E-state index contributed by atoms with van der Waals surface area (Å²) in [5, 5.41) is 17.1. The minimum Gasteiger partial charge on any atom is -0.374 e. The number of oxime groups is 1. The monoisotopic (exact) mass is 451 g/mol. The molecule has 4 rings (SSSR count). The molecule has 1 aliphatic heterocycles. The fourth-order valence-corrected chi connectivity index (χ4v) is 3.70. The lowest BCUT2D eigenvalue weighted by molar-refractivity contribution is -0.275. The molecule has 1 aliphatic rings. The van der Waals surface area contributed by atoms with E-state index < -0.39 is 18.2 Å². The van der Waals surface area contributed by atoms with Gasteiger partial charge in [0.2, 0.25) is 0 Å². The number of alkyl halides is 3. The molecule has 0 saturated heterocycles. The molecule has 1 aromatic heterocycles. The number of benzene rings is 2. The molecule has 3 aromatic rings. The molecule has 0 spiro atoms. The summed E-state index contributed by atoms with van der Waals surface area (Å²) in [7, 11) is 0. The Labute approximate surface area is 178 Å². The Bertz CT molecular complexity index is 1170. The molecule has 152 valence electrons. The van der Waals surface area contributed by atoms with E-state index in [0.29, 0.717) is 11.3 Å². The van der Waals surface area contributed by atoms with Crippen molar-refractivity contribution in [3.63, 3.8) is 0 Å². The number of hydrogen-bond acceptors (Lipinski definition) is 5. The topological polar surface area (TPSA) is 76.1 Å². The molecule has 0 radical (unpaired) electrons. The molecule has 0 saturated carbocycles. The van der Waals surface area contributed by atoms with Crippen LogP contribution in [0.1, 0.15) is 23.1 Å². The van der Waals surface area contributed by atoms with E-state index in [4.69, 9.17) is 28.0 Å². The molecule has 0 fully saturated rings. The molecule has 1 atom stereocenters. The van der Waals surface area contributed by atoms with Crippen molar-refractivity contribution in [3.05, 3.63) is 75.8 Å². The van der Waals surface area contributed by atoms with Crippen molar-refractivity contribution in [3.8, 4) is 11.8 Å². The molecule has 2 aromatic carbocycles. The maximum Gasteiger partial charge on any atom is 0.435 e. The van der Waals surface area contributed by atoms with Crippen LogP contribution in [0.15, 0.2) is 54.2 Å². The second kappa shape index (κ2) is 7.31. The average molecular weight is 452 g/mol. The number of rotatable bonds is 3. The lowest BCUT2D eigenvalue weighted by atomic mass is 9.86. The summed E-state index contributed by atoms with van der Waals surface area (Å²) in [4.78, 5) is 8.83. The van der Waals surface area contributed by atoms with Gasteiger partial charge in [0.05, 0.1) is 17.0 Å². The van der Waals surface area contributed by atoms with E-state index >= 15 is 0 Å². The van der Waals surface area contributed by atoms with Gasteiger partial charge in [0.1, 0.15) is 18.7 Å². The number of aromatic nitrogens is 3. The van der Waals surface area contributed by atoms with E-state index in [-0.39, 0.29) is 26.9 Å². The summed E-state index contributed by atoms with van der Waals surface area (Å²) in [5.74, 6) is 0. The van der Waals surface area contributed by atoms with Crippen LogP contribution in [0, 0.1) is 11.3 Å². The van der Waals surface area contributed by atoms with E-state index in [9.17, 15) is 18.4 Å². The molecule has 1 unspecified atom stereocenters. The van der Waals surface area contributed by atoms with Crippen molar-refractivity contribution in [2.75, 3.05) is 0 Å². The number of halogens is 5. The molecular weight excluding hydrogens is 442 g/mol. The molecule has 0 N–H and O–H groups in total. The Morgan fingerprint density at radius 3 is 2.47 bits per heavy atom. The predicted octanol–water partition coefficient (Wildman–Crippen LogP) is 5.03. The van der Waals surface area contributed by atoms with E-state index in [0.717, 1.165) is 12.1 Å². The summed E-state index contributed by atoms with van der Waals surface area (Å²) < 4.78 is 43.7. The van der Waals surface area contributed by atoms with Crippen LogP contribution < -0.4 is 0 Å². The van der Waals surface area contributed by atoms with Gasteiger partial charge < -0.3 is 4.84 Å². The second-order valence-electron chi connectivity index (χ2n) is 6.47. The zero-order valence-electron chi connectivity index (χ0n) is 14.9. The van der Waals surface area contributed by atoms with Crippen molar-refractivity contribution < 1.29 is 18.0 Å². The SMILES string of the molecule is N#Cc1ccc(C2=NOC(c3cc(Cl)cc(Cl)c3)(C(F)(F)F)C2)cc1-n1cncn1. The zero-order valence-corrected chi connectivity index (χ0v) is 16.4. The van der Waals surface area contributed by atoms with Gasteiger partial charge in [-0.15, -0.1) is 0 Å². The molecule has 0 bridgehead atoms. The van der Waals surface area contributed by atoms with Crippen molar-refractivity contribution in [1.82, 2.24) is 14.8 Å². The molecule has 6 nitrogen and oxygen atoms in total. The van der Waals surface area contributed by atoms with Crippen LogP contribution in [0.4, 0.5) is 13.2 Å². The van der Waals surface area contributed by atoms with Gasteiger partial charge in [0.25, 0.3) is 5.60 Å². The van der Waals surface area contributed by atoms with Crippen LogP contribution in [0.2, 0.25) is 10.0 Å². The first-order valence-electron chi connectivity index (χ1n) is 8.41. The van der Waals surface area contributed by atoms with Gasteiger partial charge in [-0.05, 0) is 30.3 Å². The Balaban J connectivity index is 1.77. The lowest BCUT2D eigenvalue weighted by Gasteiger charge is -2.29. The Morgan fingerprint density at radius 1 is 1.13 bits per heavy atom. The fourth-order valence-electron chi connectivity index (χ4n) is 3.17. The molecule has 0 amide bonds. The molecule has 11 heteroatoms. The summed E-state index contributed by atoms with van der Waals surface area (Å²) in [5.41, 5.74) is -1.97. The third-order valence-corrected chi connectivity index (χ3v) is 5.07. The number of hydrogen-bond donors (Lipinski definition) is 0. The van der Waals surface area contributed by atoms with Crippen LogP contribution >= 0.6 is 23.2 Å². The smallest absolute Gasteiger partial charge is 0.374 e. The Morgan fingerprint density at radius 2 is 1.87 bits per heavy atom. The van der Waals surface area contributed by atoms with Gasteiger partial charge in [-0.3, -0.25) is 0 Å². The summed E-state index contributed by atoms with van der Waals surface area (Å²) in [6.45, 7) is 0. The number of nitriles is 1. The van der Waals surface area contributed by atoms with E-state index in [2.05, 4.69) is 15.2 Å². The fraction of sp³-hybridized carbons (Fsp3) is 0.158. The standard InChI is InChI=1S/C19H10Cl2F3N5O/c20-14-4-13(5-15(21)6-14)18(19(22,23)24)7-16(28-30-18)11-1-2-12(8-25)17(3-11)29-10-26-9-27-29/h1-6,9-10H,7H2. The minimum atomic E-state index is -4.80. The number of nitrogens with zero attached hydrogens (tertiary/aromatic N) is 5. The minimum absolute atomic E-state index is 0.0463. The predicted molar refractivity (Wildman–Crippen MR) is 103 cm³/mol. The Hall–Kier alpha value is -3.09. The van der Waals surface area contributed by atoms with Crippen molar-refractivity contribution in [2.45, 2.75) is 18.2 Å². The van der Waals surface area contributed by atoms with Gasteiger partial charge in [-0.1, -0.05) is 34.4 Å². The van der Waals surface area contributed by atoms with Gasteiger partial charge in [-0.2, -0.15) is 23.5 Å². The highest BCUT2D eigenvalue weighted by Crippen LogP contribution is 2.49. The first-order valence-corrected chi connectivity index (χ1v) is 9.17. The average Bonchev–Trinajstić information content (AvgIpc) is 3.37. The highest BCUT2D eigenvalue weighted by atomic mass is 35.5. The Kier molecular flexibility index (Phi) is 4.92. The van der Waals surface area contributed by atoms with Crippen LogP contribution in [-0.2, 0) is 10.4 Å². The maximum absolute atomic E-state index is 14.1. The highest BCUT2D eigenvalue weighted by molar-refractivity contribution is 6.34. The zero-order chi connectivity index (χ0) is 21.5. The molecular formula is C19H10Cl2F3N5O. The van der Waals surface area contributed by atoms with Crippen molar-refractivity contribution in [1.29, 1.82) is 5.26 Å². The van der Waals surface area contributed by atoms with Crippen LogP contribution in [0.5, 0.6) is 0 Å². The van der Waals surface area contributed by atoms with Crippen molar-refractivity contribution in [2.24, 2.45) is 5.16 Å². The van der Waals surface area contributed by atoms with E-state index in [1.807, 2.05) is 6.07 Å². The van der Waals surface area contributed by atoms with Crippen LogP contribution in [0.3, 0.4) is 0 Å². The summed E-state index contributed by atoms with van der Waals surface area (Å²) in [6.07, 6.45) is -2.74. The van der Waals surface area contributed by atoms with E-state index in [1.165, 1.54) is 41.6 Å². The van der Waals surface area contributed by atoms with Crippen LogP contribution in [-0.4, -0.2) is 26.7 Å². The summed E-state index contributed by atoms with van der Waals surface area (Å²) >= 11 is 11.8. The normalized spacial score (nSPS) is 18.6. The van der Waals surface area contributed by atoms with E-state index in [1.54, 1.807) is 0 Å². The lowest BCUT2D eigenvalue weighted by Crippen LogP contribution is -2.42. The van der Waals surface area contributed by atoms with Crippen LogP contribution in [0.25, 0.3) is 5.69 Å².